The standard InChI is InChI=1S/C16H25NO7/c1-2-11(15(20)21)13(14(17)19)5-6-24-10-3-4-12(16(22)23)9(7-10)8-18/h2,4-7,10-11,13-16,18-23H,1,3,8,17H2/b6-5+. The lowest BCUT2D eigenvalue weighted by molar-refractivity contribution is -0.0921. The van der Waals surface area contributed by atoms with Crippen molar-refractivity contribution in [3.63, 3.8) is 0 Å². The third kappa shape index (κ3) is 5.53. The topological polar surface area (TPSA) is 157 Å². The molecule has 0 aromatic heterocycles. The highest BCUT2D eigenvalue weighted by molar-refractivity contribution is 5.37. The molecule has 0 fully saturated rings. The first-order valence-corrected chi connectivity index (χ1v) is 7.44. The quantitative estimate of drug-likeness (QED) is 0.151. The van der Waals surface area contributed by atoms with E-state index in [-0.39, 0.29) is 12.2 Å². The van der Waals surface area contributed by atoms with E-state index < -0.39 is 36.7 Å². The summed E-state index contributed by atoms with van der Waals surface area (Å²) in [5.74, 6) is -1.70. The van der Waals surface area contributed by atoms with Crippen LogP contribution in [0.1, 0.15) is 6.42 Å². The van der Waals surface area contributed by atoms with Gasteiger partial charge in [0.05, 0.1) is 12.9 Å². The molecular formula is C16H25NO7. The van der Waals surface area contributed by atoms with Crippen LogP contribution in [0, 0.1) is 11.8 Å². The van der Waals surface area contributed by atoms with Crippen molar-refractivity contribution in [2.24, 2.45) is 17.6 Å². The Morgan fingerprint density at radius 3 is 2.38 bits per heavy atom. The van der Waals surface area contributed by atoms with E-state index in [1.165, 1.54) is 18.4 Å². The van der Waals surface area contributed by atoms with Gasteiger partial charge in [0.2, 0.25) is 0 Å². The van der Waals surface area contributed by atoms with Crippen molar-refractivity contribution in [1.29, 1.82) is 0 Å². The van der Waals surface area contributed by atoms with Crippen LogP contribution in [0.2, 0.25) is 0 Å². The van der Waals surface area contributed by atoms with E-state index in [0.717, 1.165) is 0 Å². The van der Waals surface area contributed by atoms with Crippen molar-refractivity contribution in [1.82, 2.24) is 0 Å². The van der Waals surface area contributed by atoms with Crippen LogP contribution in [-0.4, -0.2) is 62.2 Å². The summed E-state index contributed by atoms with van der Waals surface area (Å²) in [6.07, 6.45) is 2.18. The second-order valence-electron chi connectivity index (χ2n) is 5.42. The maximum Gasteiger partial charge on any atom is 0.178 e. The molecule has 0 saturated carbocycles. The van der Waals surface area contributed by atoms with Gasteiger partial charge in [-0.25, -0.2) is 0 Å². The summed E-state index contributed by atoms with van der Waals surface area (Å²) < 4.78 is 5.46. The lowest BCUT2D eigenvalue weighted by atomic mass is 9.90. The molecule has 0 spiro atoms. The minimum Gasteiger partial charge on any atom is -0.494 e. The maximum atomic E-state index is 9.57. The molecule has 0 radical (unpaired) electrons. The average Bonchev–Trinajstić information content (AvgIpc) is 2.53. The van der Waals surface area contributed by atoms with Gasteiger partial charge in [-0.05, 0) is 17.7 Å². The molecular weight excluding hydrogens is 318 g/mol. The lowest BCUT2D eigenvalue weighted by Crippen LogP contribution is -2.38. The molecule has 0 bridgehead atoms. The molecule has 0 heterocycles. The van der Waals surface area contributed by atoms with Crippen LogP contribution in [-0.2, 0) is 4.74 Å². The second-order valence-corrected chi connectivity index (χ2v) is 5.42. The Kier molecular flexibility index (Phi) is 8.29. The Morgan fingerprint density at radius 1 is 1.25 bits per heavy atom. The van der Waals surface area contributed by atoms with Gasteiger partial charge in [0.25, 0.3) is 0 Å². The maximum absolute atomic E-state index is 9.57. The molecule has 1 rings (SSSR count). The predicted octanol–water partition coefficient (Wildman–Crippen LogP) is -1.55. The third-order valence-electron chi connectivity index (χ3n) is 3.79. The zero-order valence-electron chi connectivity index (χ0n) is 13.1. The first-order valence-electron chi connectivity index (χ1n) is 7.44. The van der Waals surface area contributed by atoms with Gasteiger partial charge in [0, 0.05) is 23.8 Å². The average molecular weight is 343 g/mol. The van der Waals surface area contributed by atoms with Gasteiger partial charge in [-0.15, -0.1) is 6.58 Å². The summed E-state index contributed by atoms with van der Waals surface area (Å²) in [6.45, 7) is 3.11. The number of hydrogen-bond donors (Lipinski definition) is 7. The molecule has 8 nitrogen and oxygen atoms in total. The molecule has 136 valence electrons. The molecule has 0 aromatic carbocycles. The number of aliphatic hydroxyl groups is 6. The van der Waals surface area contributed by atoms with Crippen molar-refractivity contribution < 1.29 is 35.4 Å². The monoisotopic (exact) mass is 343 g/mol. The Labute approximate surface area is 140 Å². The van der Waals surface area contributed by atoms with Crippen molar-refractivity contribution in [2.75, 3.05) is 6.61 Å². The molecule has 8 N–H and O–H groups in total. The zero-order valence-corrected chi connectivity index (χ0v) is 13.1. The summed E-state index contributed by atoms with van der Waals surface area (Å²) >= 11 is 0. The summed E-state index contributed by atoms with van der Waals surface area (Å²) in [6, 6.07) is 0. The molecule has 0 aliphatic heterocycles. The SMILES string of the molecule is C=CC(C(O)O)C(/C=C/OC1C=C(CO)C(C(O)O)=CC1)C(N)O. The van der Waals surface area contributed by atoms with Crippen LogP contribution in [0.15, 0.2) is 48.3 Å². The second kappa shape index (κ2) is 9.70. The van der Waals surface area contributed by atoms with Crippen molar-refractivity contribution in [3.05, 3.63) is 48.3 Å². The Bertz CT molecular complexity index is 497. The van der Waals surface area contributed by atoms with Gasteiger partial charge < -0.3 is 41.1 Å². The third-order valence-corrected chi connectivity index (χ3v) is 3.79. The van der Waals surface area contributed by atoms with Crippen LogP contribution < -0.4 is 5.73 Å². The number of nitrogens with two attached hydrogens (primary N) is 1. The number of rotatable bonds is 9. The first kappa shape index (κ1) is 20.5. The fraction of sp³-hybridized carbons (Fsp3) is 0.500. The number of ether oxygens (including phenoxy) is 1. The Balaban J connectivity index is 2.75. The van der Waals surface area contributed by atoms with E-state index in [1.807, 2.05) is 0 Å². The lowest BCUT2D eigenvalue weighted by Gasteiger charge is -2.26. The van der Waals surface area contributed by atoms with Gasteiger partial charge >= 0.3 is 0 Å². The van der Waals surface area contributed by atoms with E-state index in [0.29, 0.717) is 12.0 Å². The van der Waals surface area contributed by atoms with Gasteiger partial charge in [-0.2, -0.15) is 0 Å². The highest BCUT2D eigenvalue weighted by Crippen LogP contribution is 2.24. The molecule has 0 saturated heterocycles. The first-order chi connectivity index (χ1) is 11.3. The molecule has 1 aliphatic rings. The molecule has 8 heteroatoms. The fourth-order valence-electron chi connectivity index (χ4n) is 2.46. The molecule has 0 aromatic rings. The van der Waals surface area contributed by atoms with Crippen LogP contribution in [0.5, 0.6) is 0 Å². The van der Waals surface area contributed by atoms with E-state index in [1.54, 1.807) is 12.2 Å². The Hall–Kier alpha value is -1.52. The summed E-state index contributed by atoms with van der Waals surface area (Å²) in [5.41, 5.74) is 6.01. The van der Waals surface area contributed by atoms with Crippen LogP contribution in [0.25, 0.3) is 0 Å². The number of hydrogen-bond acceptors (Lipinski definition) is 8. The molecule has 24 heavy (non-hydrogen) atoms. The van der Waals surface area contributed by atoms with Gasteiger partial charge in [-0.1, -0.05) is 12.2 Å². The molecule has 4 unspecified atom stereocenters. The van der Waals surface area contributed by atoms with Crippen molar-refractivity contribution in [3.8, 4) is 0 Å². The fourth-order valence-corrected chi connectivity index (χ4v) is 2.46. The van der Waals surface area contributed by atoms with Gasteiger partial charge in [-0.3, -0.25) is 0 Å². The van der Waals surface area contributed by atoms with Crippen LogP contribution >= 0.6 is 0 Å². The summed E-state index contributed by atoms with van der Waals surface area (Å²) in [7, 11) is 0. The predicted molar refractivity (Wildman–Crippen MR) is 85.7 cm³/mol. The number of aliphatic hydroxyl groups excluding tert-OH is 4. The molecule has 4 atom stereocenters. The van der Waals surface area contributed by atoms with Gasteiger partial charge in [0.15, 0.2) is 12.6 Å². The Morgan fingerprint density at radius 2 is 1.92 bits per heavy atom. The van der Waals surface area contributed by atoms with E-state index >= 15 is 0 Å². The molecule has 0 amide bonds. The minimum absolute atomic E-state index is 0.228. The normalized spacial score (nSPS) is 22.3. The van der Waals surface area contributed by atoms with E-state index in [2.05, 4.69) is 6.58 Å². The largest absolute Gasteiger partial charge is 0.494 e. The van der Waals surface area contributed by atoms with Crippen molar-refractivity contribution in [2.45, 2.75) is 31.3 Å². The summed E-state index contributed by atoms with van der Waals surface area (Å²) in [5, 5.41) is 55.8. The van der Waals surface area contributed by atoms with Gasteiger partial charge in [0.1, 0.15) is 12.3 Å². The zero-order chi connectivity index (χ0) is 18.3. The smallest absolute Gasteiger partial charge is 0.178 e. The van der Waals surface area contributed by atoms with Crippen molar-refractivity contribution >= 4 is 0 Å². The van der Waals surface area contributed by atoms with E-state index in [9.17, 15) is 30.6 Å². The summed E-state index contributed by atoms with van der Waals surface area (Å²) in [4.78, 5) is 0. The minimum atomic E-state index is -1.73. The van der Waals surface area contributed by atoms with Crippen LogP contribution in [0.3, 0.4) is 0 Å². The highest BCUT2D eigenvalue weighted by Gasteiger charge is 2.27. The molecule has 1 aliphatic carbocycles. The van der Waals surface area contributed by atoms with Crippen LogP contribution in [0.4, 0.5) is 0 Å². The highest BCUT2D eigenvalue weighted by atomic mass is 16.5. The van der Waals surface area contributed by atoms with E-state index in [4.69, 9.17) is 10.5 Å².